The van der Waals surface area contributed by atoms with Gasteiger partial charge < -0.3 is 10.2 Å². The minimum absolute atomic E-state index is 0.277. The number of fused-ring (bicyclic) bond motifs is 1. The molecule has 2 nitrogen and oxygen atoms in total. The van der Waals surface area contributed by atoms with Gasteiger partial charge in [0.05, 0.1) is 11.7 Å². The zero-order valence-corrected chi connectivity index (χ0v) is 23.2. The van der Waals surface area contributed by atoms with Gasteiger partial charge in [0.1, 0.15) is 0 Å². The van der Waals surface area contributed by atoms with Crippen molar-refractivity contribution >= 4 is 0 Å². The van der Waals surface area contributed by atoms with Gasteiger partial charge in [-0.3, -0.25) is 0 Å². The molecule has 3 fully saturated rings. The third kappa shape index (κ3) is 6.88. The highest BCUT2D eigenvalue weighted by Gasteiger charge is 2.50. The highest BCUT2D eigenvalue weighted by molar-refractivity contribution is 5.38. The highest BCUT2D eigenvalue weighted by atomic mass is 16.3. The number of aliphatic hydroxyl groups excluding tert-OH is 1. The lowest BCUT2D eigenvalue weighted by molar-refractivity contribution is 0.0593. The van der Waals surface area contributed by atoms with Crippen LogP contribution in [-0.2, 0) is 0 Å². The molecule has 0 aromatic carbocycles. The highest BCUT2D eigenvalue weighted by Crippen LogP contribution is 2.60. The third-order valence-corrected chi connectivity index (χ3v) is 9.69. The van der Waals surface area contributed by atoms with E-state index in [0.29, 0.717) is 5.41 Å². The molecule has 3 aliphatic carbocycles. The molecule has 3 aliphatic rings. The Morgan fingerprint density at radius 2 is 1.88 bits per heavy atom. The minimum atomic E-state index is -0.661. The average molecular weight is 471 g/mol. The first-order valence-corrected chi connectivity index (χ1v) is 14.4. The number of aliphatic hydroxyl groups is 2. The minimum Gasteiger partial charge on any atom is -0.393 e. The predicted octanol–water partition coefficient (Wildman–Crippen LogP) is 8.40. The molecule has 0 aromatic heterocycles. The Balaban J connectivity index is 1.70. The summed E-state index contributed by atoms with van der Waals surface area (Å²) in [5.41, 5.74) is 3.87. The summed E-state index contributed by atoms with van der Waals surface area (Å²) in [6, 6.07) is 0. The van der Waals surface area contributed by atoms with E-state index in [0.717, 1.165) is 49.4 Å². The van der Waals surface area contributed by atoms with Crippen LogP contribution >= 0.6 is 0 Å². The first-order valence-electron chi connectivity index (χ1n) is 14.4. The van der Waals surface area contributed by atoms with Crippen LogP contribution in [0.4, 0.5) is 0 Å². The van der Waals surface area contributed by atoms with E-state index in [1.165, 1.54) is 62.5 Å². The van der Waals surface area contributed by atoms with Crippen molar-refractivity contribution in [2.75, 3.05) is 0 Å². The molecule has 1 unspecified atom stereocenters. The Kier molecular flexibility index (Phi) is 9.35. The average Bonchev–Trinajstić information content (AvgIpc) is 3.09. The Morgan fingerprint density at radius 3 is 2.56 bits per heavy atom. The zero-order valence-electron chi connectivity index (χ0n) is 23.2. The summed E-state index contributed by atoms with van der Waals surface area (Å²) >= 11 is 0. The second-order valence-electron chi connectivity index (χ2n) is 13.5. The van der Waals surface area contributed by atoms with Crippen LogP contribution in [0, 0.1) is 35.0 Å². The van der Waals surface area contributed by atoms with Gasteiger partial charge in [-0.05, 0) is 118 Å². The topological polar surface area (TPSA) is 40.5 Å². The van der Waals surface area contributed by atoms with Crippen molar-refractivity contribution in [2.45, 2.75) is 130 Å². The zero-order chi connectivity index (χ0) is 25.1. The van der Waals surface area contributed by atoms with Gasteiger partial charge in [-0.2, -0.15) is 0 Å². The van der Waals surface area contributed by atoms with Crippen molar-refractivity contribution in [3.63, 3.8) is 0 Å². The van der Waals surface area contributed by atoms with E-state index in [-0.39, 0.29) is 12.0 Å². The van der Waals surface area contributed by atoms with Crippen LogP contribution < -0.4 is 0 Å². The molecule has 194 valence electrons. The first-order chi connectivity index (χ1) is 15.9. The second kappa shape index (κ2) is 11.5. The van der Waals surface area contributed by atoms with Gasteiger partial charge in [0, 0.05) is 0 Å². The quantitative estimate of drug-likeness (QED) is 0.355. The third-order valence-electron chi connectivity index (χ3n) is 9.69. The van der Waals surface area contributed by atoms with Gasteiger partial charge in [-0.1, -0.05) is 71.3 Å². The van der Waals surface area contributed by atoms with Gasteiger partial charge in [0.2, 0.25) is 0 Å². The number of hydrogen-bond donors (Lipinski definition) is 2. The van der Waals surface area contributed by atoms with E-state index >= 15 is 0 Å². The lowest BCUT2D eigenvalue weighted by Gasteiger charge is -2.44. The molecule has 3 rings (SSSR count). The fourth-order valence-corrected chi connectivity index (χ4v) is 7.67. The van der Waals surface area contributed by atoms with Crippen molar-refractivity contribution in [2.24, 2.45) is 35.0 Å². The monoisotopic (exact) mass is 470 g/mol. The summed E-state index contributed by atoms with van der Waals surface area (Å²) in [6.07, 6.45) is 18.4. The first kappa shape index (κ1) is 27.7. The number of allylic oxidation sites excluding steroid dienone is 4. The van der Waals surface area contributed by atoms with Crippen LogP contribution in [0.15, 0.2) is 35.5 Å². The van der Waals surface area contributed by atoms with E-state index in [9.17, 15) is 10.2 Å². The normalized spacial score (nSPS) is 35.9. The summed E-state index contributed by atoms with van der Waals surface area (Å²) < 4.78 is 0. The van der Waals surface area contributed by atoms with Crippen LogP contribution in [0.25, 0.3) is 0 Å². The van der Waals surface area contributed by atoms with Gasteiger partial charge in [0.25, 0.3) is 0 Å². The fourth-order valence-electron chi connectivity index (χ4n) is 7.67. The molecular weight excluding hydrogens is 416 g/mol. The molecule has 0 saturated heterocycles. The fraction of sp³-hybridized carbons (Fsp3) is 0.812. The molecule has 0 heterocycles. The van der Waals surface area contributed by atoms with E-state index in [1.807, 2.05) is 13.8 Å². The maximum absolute atomic E-state index is 10.6. The molecule has 0 aromatic rings. The lowest BCUT2D eigenvalue weighted by Crippen LogP contribution is -2.36. The summed E-state index contributed by atoms with van der Waals surface area (Å²) in [6.45, 7) is 18.0. The molecule has 6 atom stereocenters. The maximum Gasteiger partial charge on any atom is 0.0592 e. The summed E-state index contributed by atoms with van der Waals surface area (Å²) in [7, 11) is 0. The van der Waals surface area contributed by atoms with E-state index in [1.54, 1.807) is 5.57 Å². The van der Waals surface area contributed by atoms with Crippen LogP contribution in [-0.4, -0.2) is 21.9 Å². The van der Waals surface area contributed by atoms with E-state index in [2.05, 4.69) is 46.4 Å². The van der Waals surface area contributed by atoms with Gasteiger partial charge in [0.15, 0.2) is 0 Å². The predicted molar refractivity (Wildman–Crippen MR) is 146 cm³/mol. The lowest BCUT2D eigenvalue weighted by atomic mass is 9.60. The molecule has 0 spiro atoms. The Labute approximate surface area is 211 Å². The largest absolute Gasteiger partial charge is 0.393 e. The summed E-state index contributed by atoms with van der Waals surface area (Å²) in [5.74, 6) is 3.51. The number of hydrogen-bond acceptors (Lipinski definition) is 2. The Bertz CT molecular complexity index is 751. The van der Waals surface area contributed by atoms with Crippen molar-refractivity contribution in [3.05, 3.63) is 35.5 Å². The summed E-state index contributed by atoms with van der Waals surface area (Å²) in [5, 5.41) is 20.7. The van der Waals surface area contributed by atoms with Crippen LogP contribution in [0.3, 0.4) is 0 Å². The standard InChI is InChI=1S/C32H54O2/c1-22(2)10-8-11-23(3)29-15-16-30-25(12-9-18-32(29,30)7)13-14-26-20-28(33)21-27(24(26)4)17-19-31(5,6)34/h13-14,22-23,27-30,33-34H,4,8-12,15-21H2,1-3,5-7H3/b25-13+,26-14-/t23-,27?,28-,29-,30+,32-/m1/s1. The molecule has 2 heteroatoms. The van der Waals surface area contributed by atoms with Gasteiger partial charge >= 0.3 is 0 Å². The molecule has 0 bridgehead atoms. The van der Waals surface area contributed by atoms with Gasteiger partial charge in [-0.15, -0.1) is 0 Å². The molecule has 0 radical (unpaired) electrons. The van der Waals surface area contributed by atoms with Crippen LogP contribution in [0.5, 0.6) is 0 Å². The van der Waals surface area contributed by atoms with E-state index in [4.69, 9.17) is 0 Å². The molecule has 34 heavy (non-hydrogen) atoms. The van der Waals surface area contributed by atoms with Crippen molar-refractivity contribution in [3.8, 4) is 0 Å². The smallest absolute Gasteiger partial charge is 0.0592 e. The van der Waals surface area contributed by atoms with E-state index < -0.39 is 5.60 Å². The Morgan fingerprint density at radius 1 is 1.15 bits per heavy atom. The van der Waals surface area contributed by atoms with Crippen LogP contribution in [0.2, 0.25) is 0 Å². The van der Waals surface area contributed by atoms with Crippen molar-refractivity contribution < 1.29 is 10.2 Å². The maximum atomic E-state index is 10.6. The number of rotatable bonds is 9. The molecule has 2 N–H and O–H groups in total. The molecule has 0 amide bonds. The van der Waals surface area contributed by atoms with Crippen LogP contribution in [0.1, 0.15) is 119 Å². The van der Waals surface area contributed by atoms with Gasteiger partial charge in [-0.25, -0.2) is 0 Å². The second-order valence-corrected chi connectivity index (χ2v) is 13.5. The molecule has 0 aliphatic heterocycles. The SMILES string of the molecule is C=C1/C(=C\C=C2/CCC[C@]3(C)[C@@H]([C@H](C)CCCC(C)C)CC[C@@H]23)C[C@@H](O)CC1CCC(C)(C)O. The Hall–Kier alpha value is -0.860. The van der Waals surface area contributed by atoms with Crippen molar-refractivity contribution in [1.29, 1.82) is 0 Å². The molecule has 3 saturated carbocycles. The molecular formula is C32H54O2. The van der Waals surface area contributed by atoms with Crippen molar-refractivity contribution in [1.82, 2.24) is 0 Å². The summed E-state index contributed by atoms with van der Waals surface area (Å²) in [4.78, 5) is 0.